The van der Waals surface area contributed by atoms with E-state index < -0.39 is 0 Å². The quantitative estimate of drug-likeness (QED) is 0.682. The number of benzene rings is 1. The van der Waals surface area contributed by atoms with Crippen LogP contribution >= 0.6 is 11.3 Å². The van der Waals surface area contributed by atoms with Crippen LogP contribution in [-0.4, -0.2) is 42.0 Å². The lowest BCUT2D eigenvalue weighted by molar-refractivity contribution is 0.0746. The number of carbonyl (C=O) groups excluding carboxylic acids is 1. The van der Waals surface area contributed by atoms with E-state index >= 15 is 0 Å². The number of hydrogen-bond acceptors (Lipinski definition) is 4. The van der Waals surface area contributed by atoms with Crippen molar-refractivity contribution < 1.29 is 9.18 Å². The summed E-state index contributed by atoms with van der Waals surface area (Å²) in [6.07, 6.45) is 1.70. The Labute approximate surface area is 161 Å². The molecule has 1 aromatic carbocycles. The van der Waals surface area contributed by atoms with Crippen molar-refractivity contribution in [2.45, 2.75) is 6.92 Å². The van der Waals surface area contributed by atoms with Crippen molar-refractivity contribution in [2.75, 3.05) is 31.1 Å². The van der Waals surface area contributed by atoms with Crippen LogP contribution in [0.1, 0.15) is 15.2 Å². The highest BCUT2D eigenvalue weighted by molar-refractivity contribution is 7.15. The summed E-state index contributed by atoms with van der Waals surface area (Å²) in [6.45, 7) is 4.82. The van der Waals surface area contributed by atoms with Gasteiger partial charge in [-0.15, -0.1) is 11.3 Å². The number of halogens is 1. The summed E-state index contributed by atoms with van der Waals surface area (Å²) in [6, 6.07) is 14.3. The topological polar surface area (TPSA) is 36.4 Å². The molecule has 0 unspecified atom stereocenters. The fourth-order valence-corrected chi connectivity index (χ4v) is 4.11. The predicted molar refractivity (Wildman–Crippen MR) is 107 cm³/mol. The molecule has 0 N–H and O–H groups in total. The van der Waals surface area contributed by atoms with Crippen LogP contribution in [0, 0.1) is 12.7 Å². The molecule has 0 bridgehead atoms. The summed E-state index contributed by atoms with van der Waals surface area (Å²) in [5.74, 6) is -0.201. The molecular weight excluding hydrogens is 361 g/mol. The minimum absolute atomic E-state index is 0.0330. The van der Waals surface area contributed by atoms with E-state index in [9.17, 15) is 9.18 Å². The zero-order chi connectivity index (χ0) is 18.8. The Morgan fingerprint density at radius 2 is 1.78 bits per heavy atom. The molecule has 4 rings (SSSR count). The zero-order valence-corrected chi connectivity index (χ0v) is 15.9. The molecule has 0 atom stereocenters. The van der Waals surface area contributed by atoms with Crippen molar-refractivity contribution in [3.05, 3.63) is 71.0 Å². The van der Waals surface area contributed by atoms with Crippen LogP contribution in [0.4, 0.5) is 10.1 Å². The van der Waals surface area contributed by atoms with Crippen molar-refractivity contribution in [3.8, 4) is 10.6 Å². The van der Waals surface area contributed by atoms with E-state index in [-0.39, 0.29) is 11.7 Å². The van der Waals surface area contributed by atoms with Gasteiger partial charge < -0.3 is 9.80 Å². The fraction of sp³-hybridized carbons (Fsp3) is 0.238. The molecule has 6 heteroatoms. The van der Waals surface area contributed by atoms with Crippen LogP contribution < -0.4 is 4.90 Å². The van der Waals surface area contributed by atoms with Gasteiger partial charge in [-0.2, -0.15) is 0 Å². The third kappa shape index (κ3) is 3.85. The van der Waals surface area contributed by atoms with Crippen LogP contribution in [-0.2, 0) is 0 Å². The lowest BCUT2D eigenvalue weighted by Gasteiger charge is -2.36. The number of carbonyl (C=O) groups is 1. The number of piperazine rings is 1. The Kier molecular flexibility index (Phi) is 4.90. The predicted octanol–water partition coefficient (Wildman–Crippen LogP) is 4.22. The molecule has 0 spiro atoms. The number of aryl methyl sites for hydroxylation is 1. The van der Waals surface area contributed by atoms with Crippen LogP contribution in [0.15, 0.2) is 54.7 Å². The van der Waals surface area contributed by atoms with E-state index in [1.807, 2.05) is 17.0 Å². The van der Waals surface area contributed by atoms with Gasteiger partial charge in [0.2, 0.25) is 0 Å². The van der Waals surface area contributed by atoms with Crippen LogP contribution in [0.5, 0.6) is 0 Å². The molecule has 3 aromatic rings. The van der Waals surface area contributed by atoms with Gasteiger partial charge in [0.05, 0.1) is 10.6 Å². The van der Waals surface area contributed by atoms with Gasteiger partial charge in [0.25, 0.3) is 5.91 Å². The van der Waals surface area contributed by atoms with Crippen molar-refractivity contribution in [2.24, 2.45) is 0 Å². The van der Waals surface area contributed by atoms with Gasteiger partial charge in [-0.05, 0) is 55.5 Å². The summed E-state index contributed by atoms with van der Waals surface area (Å²) in [5, 5.41) is 0. The minimum Gasteiger partial charge on any atom is -0.368 e. The van der Waals surface area contributed by atoms with Gasteiger partial charge in [-0.25, -0.2) is 4.39 Å². The fourth-order valence-electron chi connectivity index (χ4n) is 3.27. The van der Waals surface area contributed by atoms with Crippen LogP contribution in [0.3, 0.4) is 0 Å². The molecule has 3 heterocycles. The number of anilines is 1. The minimum atomic E-state index is -0.234. The van der Waals surface area contributed by atoms with Crippen molar-refractivity contribution in [1.82, 2.24) is 9.88 Å². The first-order valence-electron chi connectivity index (χ1n) is 8.93. The highest BCUT2D eigenvalue weighted by Gasteiger charge is 2.23. The standard InChI is InChI=1S/C21H20FN3OS/c1-15-2-7-20(27-15)19-14-16(8-9-23-19)21(26)25-12-10-24(11-13-25)18-5-3-17(22)4-6-18/h2-9,14H,10-13H2,1H3. The lowest BCUT2D eigenvalue weighted by Crippen LogP contribution is -2.48. The van der Waals surface area contributed by atoms with E-state index in [0.29, 0.717) is 18.7 Å². The first-order chi connectivity index (χ1) is 13.1. The molecular formula is C21H20FN3OS. The average Bonchev–Trinajstić information content (AvgIpc) is 3.15. The first kappa shape index (κ1) is 17.7. The zero-order valence-electron chi connectivity index (χ0n) is 15.1. The Morgan fingerprint density at radius 1 is 1.04 bits per heavy atom. The second kappa shape index (κ2) is 7.48. The number of thiophene rings is 1. The molecule has 1 fully saturated rings. The number of hydrogen-bond donors (Lipinski definition) is 0. The van der Waals surface area contributed by atoms with Gasteiger partial charge in [-0.1, -0.05) is 0 Å². The Balaban J connectivity index is 1.44. The first-order valence-corrected chi connectivity index (χ1v) is 9.74. The highest BCUT2D eigenvalue weighted by atomic mass is 32.1. The van der Waals surface area contributed by atoms with Gasteiger partial charge >= 0.3 is 0 Å². The summed E-state index contributed by atoms with van der Waals surface area (Å²) in [4.78, 5) is 23.7. The molecule has 138 valence electrons. The van der Waals surface area contributed by atoms with E-state index in [4.69, 9.17) is 0 Å². The number of amides is 1. The SMILES string of the molecule is Cc1ccc(-c2cc(C(=O)N3CCN(c4ccc(F)cc4)CC3)ccn2)s1. The van der Waals surface area contributed by atoms with Gasteiger partial charge in [0.1, 0.15) is 5.82 Å². The molecule has 1 aliphatic rings. The second-order valence-corrected chi connectivity index (χ2v) is 7.88. The monoisotopic (exact) mass is 381 g/mol. The maximum atomic E-state index is 13.1. The van der Waals surface area contributed by atoms with Crippen molar-refractivity contribution >= 4 is 22.9 Å². The smallest absolute Gasteiger partial charge is 0.254 e. The number of rotatable bonds is 3. The summed E-state index contributed by atoms with van der Waals surface area (Å²) in [5.41, 5.74) is 2.49. The average molecular weight is 381 g/mol. The normalized spacial score (nSPS) is 14.4. The van der Waals surface area contributed by atoms with E-state index in [1.54, 1.807) is 35.7 Å². The maximum absolute atomic E-state index is 13.1. The Morgan fingerprint density at radius 3 is 2.44 bits per heavy atom. The molecule has 0 saturated carbocycles. The molecule has 2 aromatic heterocycles. The number of aromatic nitrogens is 1. The molecule has 0 aliphatic carbocycles. The van der Waals surface area contributed by atoms with Crippen molar-refractivity contribution in [1.29, 1.82) is 0 Å². The molecule has 4 nitrogen and oxygen atoms in total. The molecule has 27 heavy (non-hydrogen) atoms. The third-order valence-electron chi connectivity index (χ3n) is 4.76. The van der Waals surface area contributed by atoms with E-state index in [2.05, 4.69) is 22.9 Å². The highest BCUT2D eigenvalue weighted by Crippen LogP contribution is 2.27. The van der Waals surface area contributed by atoms with Crippen LogP contribution in [0.2, 0.25) is 0 Å². The van der Waals surface area contributed by atoms with Crippen molar-refractivity contribution in [3.63, 3.8) is 0 Å². The lowest BCUT2D eigenvalue weighted by atomic mass is 10.1. The van der Waals surface area contributed by atoms with E-state index in [1.165, 1.54) is 17.0 Å². The van der Waals surface area contributed by atoms with E-state index in [0.717, 1.165) is 29.3 Å². The Hall–Kier alpha value is -2.73. The largest absolute Gasteiger partial charge is 0.368 e. The summed E-state index contributed by atoms with van der Waals surface area (Å²) < 4.78 is 13.1. The Bertz CT molecular complexity index is 946. The van der Waals surface area contributed by atoms with Crippen LogP contribution in [0.25, 0.3) is 10.6 Å². The second-order valence-electron chi connectivity index (χ2n) is 6.60. The number of pyridine rings is 1. The van der Waals surface area contributed by atoms with Gasteiger partial charge in [0.15, 0.2) is 0 Å². The van der Waals surface area contributed by atoms with Gasteiger partial charge in [0, 0.05) is 48.5 Å². The molecule has 1 amide bonds. The molecule has 1 saturated heterocycles. The maximum Gasteiger partial charge on any atom is 0.254 e. The molecule has 0 radical (unpaired) electrons. The third-order valence-corrected chi connectivity index (χ3v) is 5.78. The summed E-state index contributed by atoms with van der Waals surface area (Å²) in [7, 11) is 0. The summed E-state index contributed by atoms with van der Waals surface area (Å²) >= 11 is 1.67. The molecule has 1 aliphatic heterocycles. The van der Waals surface area contributed by atoms with Gasteiger partial charge in [-0.3, -0.25) is 9.78 Å². The number of nitrogens with zero attached hydrogens (tertiary/aromatic N) is 3.